The summed E-state index contributed by atoms with van der Waals surface area (Å²) in [5, 5.41) is 7.91. The summed E-state index contributed by atoms with van der Waals surface area (Å²) in [5.74, 6) is 0.750. The Kier molecular flexibility index (Phi) is 4.78. The standard InChI is InChI=1S/C14H25N3O/c1-4-15-13(14(18-3)12-6-7-12)8-11-9-16-17(5-2)10-11/h9-10,12-15H,4-8H2,1-3H3. The summed E-state index contributed by atoms with van der Waals surface area (Å²) in [6.45, 7) is 6.18. The first-order valence-corrected chi connectivity index (χ1v) is 7.06. The fourth-order valence-corrected chi connectivity index (χ4v) is 2.62. The molecule has 2 unspecified atom stereocenters. The molecule has 0 aliphatic heterocycles. The van der Waals surface area contributed by atoms with Crippen LogP contribution in [0.1, 0.15) is 32.3 Å². The van der Waals surface area contributed by atoms with Gasteiger partial charge >= 0.3 is 0 Å². The maximum absolute atomic E-state index is 5.70. The summed E-state index contributed by atoms with van der Waals surface area (Å²) in [6, 6.07) is 0.405. The van der Waals surface area contributed by atoms with E-state index in [1.54, 1.807) is 0 Å². The summed E-state index contributed by atoms with van der Waals surface area (Å²) >= 11 is 0. The predicted molar refractivity (Wildman–Crippen MR) is 72.6 cm³/mol. The second kappa shape index (κ2) is 6.34. The molecule has 0 radical (unpaired) electrons. The van der Waals surface area contributed by atoms with Crippen LogP contribution in [0.3, 0.4) is 0 Å². The third-order valence-corrected chi connectivity index (χ3v) is 3.69. The van der Waals surface area contributed by atoms with E-state index in [1.165, 1.54) is 18.4 Å². The zero-order chi connectivity index (χ0) is 13.0. The largest absolute Gasteiger partial charge is 0.380 e. The van der Waals surface area contributed by atoms with E-state index in [-0.39, 0.29) is 0 Å². The van der Waals surface area contributed by atoms with Crippen LogP contribution in [0.15, 0.2) is 12.4 Å². The van der Waals surface area contributed by atoms with E-state index < -0.39 is 0 Å². The van der Waals surface area contributed by atoms with Gasteiger partial charge in [0.05, 0.1) is 12.3 Å². The molecule has 1 aromatic rings. The molecular weight excluding hydrogens is 226 g/mol. The van der Waals surface area contributed by atoms with Crippen molar-refractivity contribution in [1.82, 2.24) is 15.1 Å². The van der Waals surface area contributed by atoms with Crippen molar-refractivity contribution in [2.45, 2.75) is 51.8 Å². The van der Waals surface area contributed by atoms with Crippen molar-refractivity contribution in [2.24, 2.45) is 5.92 Å². The third-order valence-electron chi connectivity index (χ3n) is 3.69. The molecule has 1 heterocycles. The highest BCUT2D eigenvalue weighted by molar-refractivity contribution is 5.08. The molecular formula is C14H25N3O. The number of aromatic nitrogens is 2. The van der Waals surface area contributed by atoms with Gasteiger partial charge in [-0.1, -0.05) is 6.92 Å². The lowest BCUT2D eigenvalue weighted by atomic mass is 10.00. The molecule has 0 saturated heterocycles. The highest BCUT2D eigenvalue weighted by Gasteiger charge is 2.36. The van der Waals surface area contributed by atoms with Crippen LogP contribution in [-0.4, -0.2) is 35.6 Å². The number of rotatable bonds is 8. The third kappa shape index (κ3) is 3.33. The van der Waals surface area contributed by atoms with E-state index >= 15 is 0 Å². The number of methoxy groups -OCH3 is 1. The summed E-state index contributed by atoms with van der Waals surface area (Å²) in [4.78, 5) is 0. The Hall–Kier alpha value is -0.870. The van der Waals surface area contributed by atoms with Crippen molar-refractivity contribution in [1.29, 1.82) is 0 Å². The predicted octanol–water partition coefficient (Wildman–Crippen LogP) is 1.85. The summed E-state index contributed by atoms with van der Waals surface area (Å²) < 4.78 is 7.69. The van der Waals surface area contributed by atoms with Crippen molar-refractivity contribution < 1.29 is 4.74 Å². The van der Waals surface area contributed by atoms with Gasteiger partial charge in [0.1, 0.15) is 0 Å². The van der Waals surface area contributed by atoms with Crippen LogP contribution >= 0.6 is 0 Å². The van der Waals surface area contributed by atoms with Gasteiger partial charge in [0.15, 0.2) is 0 Å². The van der Waals surface area contributed by atoms with Crippen LogP contribution in [0.2, 0.25) is 0 Å². The Morgan fingerprint density at radius 2 is 2.28 bits per heavy atom. The monoisotopic (exact) mass is 251 g/mol. The van der Waals surface area contributed by atoms with Crippen molar-refractivity contribution >= 4 is 0 Å². The zero-order valence-corrected chi connectivity index (χ0v) is 11.7. The smallest absolute Gasteiger partial charge is 0.0755 e. The fraction of sp³-hybridized carbons (Fsp3) is 0.786. The van der Waals surface area contributed by atoms with E-state index in [0.29, 0.717) is 12.1 Å². The molecule has 4 nitrogen and oxygen atoms in total. The fourth-order valence-electron chi connectivity index (χ4n) is 2.62. The van der Waals surface area contributed by atoms with E-state index in [4.69, 9.17) is 4.74 Å². The van der Waals surface area contributed by atoms with E-state index in [9.17, 15) is 0 Å². The van der Waals surface area contributed by atoms with Gasteiger partial charge in [-0.25, -0.2) is 0 Å². The molecule has 0 amide bonds. The van der Waals surface area contributed by atoms with Gasteiger partial charge in [-0.2, -0.15) is 5.10 Å². The van der Waals surface area contributed by atoms with E-state index in [0.717, 1.165) is 25.4 Å². The van der Waals surface area contributed by atoms with Gasteiger partial charge in [0.25, 0.3) is 0 Å². The average molecular weight is 251 g/mol. The Labute approximate surface area is 110 Å². The number of hydrogen-bond acceptors (Lipinski definition) is 3. The number of aryl methyl sites for hydroxylation is 1. The second-order valence-corrected chi connectivity index (χ2v) is 5.11. The minimum absolute atomic E-state index is 0.343. The van der Waals surface area contributed by atoms with Crippen molar-refractivity contribution in [3.05, 3.63) is 18.0 Å². The lowest BCUT2D eigenvalue weighted by Crippen LogP contribution is -2.43. The highest BCUT2D eigenvalue weighted by Crippen LogP contribution is 2.36. The molecule has 2 atom stereocenters. The number of ether oxygens (including phenoxy) is 1. The minimum Gasteiger partial charge on any atom is -0.380 e. The lowest BCUT2D eigenvalue weighted by molar-refractivity contribution is 0.0516. The molecule has 0 aromatic carbocycles. The highest BCUT2D eigenvalue weighted by atomic mass is 16.5. The van der Waals surface area contributed by atoms with Crippen LogP contribution in [0.4, 0.5) is 0 Å². The van der Waals surface area contributed by atoms with Gasteiger partial charge < -0.3 is 10.1 Å². The maximum atomic E-state index is 5.70. The van der Waals surface area contributed by atoms with Gasteiger partial charge in [-0.15, -0.1) is 0 Å². The van der Waals surface area contributed by atoms with Gasteiger partial charge in [0.2, 0.25) is 0 Å². The van der Waals surface area contributed by atoms with Crippen LogP contribution in [0.5, 0.6) is 0 Å². The summed E-state index contributed by atoms with van der Waals surface area (Å²) in [7, 11) is 1.84. The van der Waals surface area contributed by atoms with E-state index in [1.807, 2.05) is 18.0 Å². The van der Waals surface area contributed by atoms with Crippen molar-refractivity contribution in [3.8, 4) is 0 Å². The average Bonchev–Trinajstić information content (AvgIpc) is 3.10. The molecule has 1 fully saturated rings. The SMILES string of the molecule is CCNC(Cc1cnn(CC)c1)C(OC)C1CC1. The molecule has 4 heteroatoms. The first-order valence-electron chi connectivity index (χ1n) is 7.06. The van der Waals surface area contributed by atoms with Crippen LogP contribution in [0, 0.1) is 5.92 Å². The van der Waals surface area contributed by atoms with Crippen molar-refractivity contribution in [2.75, 3.05) is 13.7 Å². The first kappa shape index (κ1) is 13.6. The van der Waals surface area contributed by atoms with Crippen LogP contribution in [-0.2, 0) is 17.7 Å². The zero-order valence-electron chi connectivity index (χ0n) is 11.7. The number of hydrogen-bond donors (Lipinski definition) is 1. The van der Waals surface area contributed by atoms with Crippen molar-refractivity contribution in [3.63, 3.8) is 0 Å². The molecule has 0 bridgehead atoms. The molecule has 1 saturated carbocycles. The normalized spacial score (nSPS) is 18.8. The van der Waals surface area contributed by atoms with E-state index in [2.05, 4.69) is 30.5 Å². The van der Waals surface area contributed by atoms with Gasteiger partial charge in [-0.05, 0) is 44.2 Å². The Morgan fingerprint density at radius 1 is 1.50 bits per heavy atom. The Balaban J connectivity index is 1.99. The molecule has 18 heavy (non-hydrogen) atoms. The minimum atomic E-state index is 0.343. The summed E-state index contributed by atoms with van der Waals surface area (Å²) in [6.07, 6.45) is 8.10. The van der Waals surface area contributed by atoms with Crippen LogP contribution < -0.4 is 5.32 Å². The second-order valence-electron chi connectivity index (χ2n) is 5.11. The molecule has 1 N–H and O–H groups in total. The number of likely N-dealkylation sites (N-methyl/N-ethyl adjacent to an activating group) is 1. The Morgan fingerprint density at radius 3 is 2.78 bits per heavy atom. The molecule has 1 aliphatic rings. The molecule has 1 aromatic heterocycles. The lowest BCUT2D eigenvalue weighted by Gasteiger charge is -2.26. The quantitative estimate of drug-likeness (QED) is 0.766. The Bertz CT molecular complexity index is 360. The maximum Gasteiger partial charge on any atom is 0.0755 e. The topological polar surface area (TPSA) is 39.1 Å². The molecule has 1 aliphatic carbocycles. The molecule has 102 valence electrons. The number of nitrogens with one attached hydrogen (secondary N) is 1. The van der Waals surface area contributed by atoms with Gasteiger partial charge in [-0.3, -0.25) is 4.68 Å². The molecule has 2 rings (SSSR count). The summed E-state index contributed by atoms with van der Waals surface area (Å²) in [5.41, 5.74) is 1.30. The van der Waals surface area contributed by atoms with Crippen LogP contribution in [0.25, 0.3) is 0 Å². The number of nitrogens with zero attached hydrogens (tertiary/aromatic N) is 2. The first-order chi connectivity index (χ1) is 8.78. The molecule has 0 spiro atoms. The van der Waals surface area contributed by atoms with Gasteiger partial charge in [0, 0.05) is 25.9 Å².